The lowest BCUT2D eigenvalue weighted by Crippen LogP contribution is -2.40. The Morgan fingerprint density at radius 3 is 2.59 bits per heavy atom. The van der Waals surface area contributed by atoms with Crippen molar-refractivity contribution in [2.24, 2.45) is 5.92 Å². The first-order valence-corrected chi connectivity index (χ1v) is 10.3. The number of aromatic nitrogens is 1. The Morgan fingerprint density at radius 1 is 1.17 bits per heavy atom. The highest BCUT2D eigenvalue weighted by molar-refractivity contribution is 6.12. The smallest absolute Gasteiger partial charge is 0.262 e. The molecule has 0 bridgehead atoms. The Bertz CT molecular complexity index is 886. The fraction of sp³-hybridized carbons (Fsp3) is 0.435. The summed E-state index contributed by atoms with van der Waals surface area (Å²) in [5.74, 6) is 0.626. The van der Waals surface area contributed by atoms with Gasteiger partial charge in [-0.25, -0.2) is 4.98 Å². The number of fused-ring (bicyclic) bond motifs is 1. The molecule has 1 saturated heterocycles. The molecule has 0 N–H and O–H groups in total. The maximum absolute atomic E-state index is 12.8. The summed E-state index contributed by atoms with van der Waals surface area (Å²) in [6.07, 6.45) is 3.62. The third kappa shape index (κ3) is 4.32. The number of amides is 2. The SMILES string of the molecule is CC(C)CN1CCC(Oc2ccc(C(=O)N3Cc4ccccc4C3=O)cn2)CC1. The van der Waals surface area contributed by atoms with Crippen LogP contribution in [0.4, 0.5) is 0 Å². The monoisotopic (exact) mass is 393 g/mol. The Morgan fingerprint density at radius 2 is 1.93 bits per heavy atom. The third-order valence-electron chi connectivity index (χ3n) is 5.50. The second kappa shape index (κ2) is 8.33. The molecule has 2 aliphatic rings. The van der Waals surface area contributed by atoms with Gasteiger partial charge in [0.25, 0.3) is 11.8 Å². The van der Waals surface area contributed by atoms with Gasteiger partial charge in [-0.1, -0.05) is 32.0 Å². The second-order valence-electron chi connectivity index (χ2n) is 8.25. The van der Waals surface area contributed by atoms with E-state index in [9.17, 15) is 9.59 Å². The van der Waals surface area contributed by atoms with Gasteiger partial charge in [-0.2, -0.15) is 0 Å². The number of nitrogens with zero attached hydrogens (tertiary/aromatic N) is 3. The van der Waals surface area contributed by atoms with Crippen LogP contribution in [0.2, 0.25) is 0 Å². The van der Waals surface area contributed by atoms with Crippen molar-refractivity contribution in [3.8, 4) is 5.88 Å². The molecule has 0 radical (unpaired) electrons. The number of carbonyl (C=O) groups is 2. The molecule has 0 atom stereocenters. The summed E-state index contributed by atoms with van der Waals surface area (Å²) in [4.78, 5) is 33.3. The number of ether oxygens (including phenoxy) is 1. The van der Waals surface area contributed by atoms with Crippen LogP contribution in [0.5, 0.6) is 5.88 Å². The first-order valence-electron chi connectivity index (χ1n) is 10.3. The topological polar surface area (TPSA) is 62.7 Å². The van der Waals surface area contributed by atoms with E-state index in [0.29, 0.717) is 29.5 Å². The molecule has 3 heterocycles. The number of imide groups is 1. The molecular formula is C23H27N3O3. The molecule has 6 nitrogen and oxygen atoms in total. The zero-order valence-corrected chi connectivity index (χ0v) is 17.0. The summed E-state index contributed by atoms with van der Waals surface area (Å²) < 4.78 is 6.01. The predicted octanol–water partition coefficient (Wildman–Crippen LogP) is 3.38. The molecule has 4 rings (SSSR count). The standard InChI is InChI=1S/C23H27N3O3/c1-16(2)14-25-11-9-19(10-12-25)29-21-8-7-17(13-24-21)22(27)26-15-18-5-3-4-6-20(18)23(26)28/h3-8,13,16,19H,9-12,14-15H2,1-2H3. The Kier molecular flexibility index (Phi) is 5.62. The molecule has 1 fully saturated rings. The third-order valence-corrected chi connectivity index (χ3v) is 5.50. The van der Waals surface area contributed by atoms with Crippen molar-refractivity contribution >= 4 is 11.8 Å². The number of rotatable bonds is 5. The highest BCUT2D eigenvalue weighted by atomic mass is 16.5. The highest BCUT2D eigenvalue weighted by Gasteiger charge is 2.32. The molecule has 0 saturated carbocycles. The maximum atomic E-state index is 12.8. The number of carbonyl (C=O) groups excluding carboxylic acids is 2. The quantitative estimate of drug-likeness (QED) is 0.729. The van der Waals surface area contributed by atoms with Crippen LogP contribution in [0.15, 0.2) is 42.6 Å². The number of likely N-dealkylation sites (tertiary alicyclic amines) is 1. The van der Waals surface area contributed by atoms with Crippen LogP contribution < -0.4 is 4.74 Å². The van der Waals surface area contributed by atoms with E-state index in [4.69, 9.17) is 4.74 Å². The number of benzene rings is 1. The molecule has 6 heteroatoms. The largest absolute Gasteiger partial charge is 0.474 e. The van der Waals surface area contributed by atoms with Gasteiger partial charge in [-0.15, -0.1) is 0 Å². The lowest BCUT2D eigenvalue weighted by Gasteiger charge is -2.32. The van der Waals surface area contributed by atoms with Gasteiger partial charge in [0, 0.05) is 37.5 Å². The van der Waals surface area contributed by atoms with Gasteiger partial charge in [0.05, 0.1) is 12.1 Å². The minimum absolute atomic E-state index is 0.155. The molecule has 2 aliphatic heterocycles. The zero-order chi connectivity index (χ0) is 20.4. The number of hydrogen-bond acceptors (Lipinski definition) is 5. The molecule has 0 aliphatic carbocycles. The predicted molar refractivity (Wildman–Crippen MR) is 110 cm³/mol. The number of hydrogen-bond donors (Lipinski definition) is 0. The van der Waals surface area contributed by atoms with Gasteiger partial charge in [0.1, 0.15) is 6.10 Å². The van der Waals surface area contributed by atoms with Crippen molar-refractivity contribution in [2.75, 3.05) is 19.6 Å². The number of piperidine rings is 1. The van der Waals surface area contributed by atoms with Gasteiger partial charge >= 0.3 is 0 Å². The molecule has 2 amide bonds. The van der Waals surface area contributed by atoms with Crippen molar-refractivity contribution in [3.63, 3.8) is 0 Å². The molecule has 152 valence electrons. The summed E-state index contributed by atoms with van der Waals surface area (Å²) in [5, 5.41) is 0. The summed E-state index contributed by atoms with van der Waals surface area (Å²) in [7, 11) is 0. The van der Waals surface area contributed by atoms with Crippen LogP contribution in [-0.2, 0) is 6.54 Å². The van der Waals surface area contributed by atoms with Crippen LogP contribution in [0, 0.1) is 5.92 Å². The Labute approximate surface area is 171 Å². The van der Waals surface area contributed by atoms with Gasteiger partial charge in [0.15, 0.2) is 0 Å². The minimum atomic E-state index is -0.327. The fourth-order valence-corrected chi connectivity index (χ4v) is 4.05. The van der Waals surface area contributed by atoms with Crippen molar-refractivity contribution in [3.05, 3.63) is 59.3 Å². The molecule has 1 aromatic carbocycles. The average molecular weight is 393 g/mol. The van der Waals surface area contributed by atoms with Gasteiger partial charge < -0.3 is 9.64 Å². The Hall–Kier alpha value is -2.73. The summed E-state index contributed by atoms with van der Waals surface area (Å²) in [6, 6.07) is 10.7. The molecule has 0 unspecified atom stereocenters. The van der Waals surface area contributed by atoms with E-state index in [-0.39, 0.29) is 17.9 Å². The maximum Gasteiger partial charge on any atom is 0.262 e. The van der Waals surface area contributed by atoms with Crippen molar-refractivity contribution in [1.82, 2.24) is 14.8 Å². The van der Waals surface area contributed by atoms with Crippen molar-refractivity contribution in [1.29, 1.82) is 0 Å². The van der Waals surface area contributed by atoms with Gasteiger partial charge in [-0.3, -0.25) is 14.5 Å². The minimum Gasteiger partial charge on any atom is -0.474 e. The van der Waals surface area contributed by atoms with E-state index in [1.165, 1.54) is 11.1 Å². The lowest BCUT2D eigenvalue weighted by molar-refractivity contribution is 0.0630. The van der Waals surface area contributed by atoms with E-state index in [1.54, 1.807) is 18.2 Å². The fourth-order valence-electron chi connectivity index (χ4n) is 4.05. The summed E-state index contributed by atoms with van der Waals surface area (Å²) in [6.45, 7) is 7.99. The van der Waals surface area contributed by atoms with E-state index < -0.39 is 0 Å². The van der Waals surface area contributed by atoms with Gasteiger partial charge in [0.2, 0.25) is 5.88 Å². The van der Waals surface area contributed by atoms with Gasteiger partial charge in [-0.05, 0) is 36.5 Å². The van der Waals surface area contributed by atoms with Crippen LogP contribution in [-0.4, -0.2) is 52.3 Å². The molecule has 0 spiro atoms. The van der Waals surface area contributed by atoms with Crippen LogP contribution in [0.3, 0.4) is 0 Å². The van der Waals surface area contributed by atoms with Crippen molar-refractivity contribution in [2.45, 2.75) is 39.3 Å². The first-order chi connectivity index (χ1) is 14.0. The van der Waals surface area contributed by atoms with Crippen molar-refractivity contribution < 1.29 is 14.3 Å². The van der Waals surface area contributed by atoms with Crippen LogP contribution in [0.25, 0.3) is 0 Å². The van der Waals surface area contributed by atoms with E-state index in [1.807, 2.05) is 18.2 Å². The van der Waals surface area contributed by atoms with E-state index >= 15 is 0 Å². The average Bonchev–Trinajstić information content (AvgIpc) is 3.06. The first kappa shape index (κ1) is 19.6. The zero-order valence-electron chi connectivity index (χ0n) is 17.0. The molecule has 29 heavy (non-hydrogen) atoms. The van der Waals surface area contributed by atoms with E-state index in [2.05, 4.69) is 23.7 Å². The normalized spacial score (nSPS) is 17.6. The Balaban J connectivity index is 1.34. The summed E-state index contributed by atoms with van der Waals surface area (Å²) in [5.41, 5.74) is 1.87. The lowest BCUT2D eigenvalue weighted by atomic mass is 10.1. The molecule has 2 aromatic rings. The number of pyridine rings is 1. The van der Waals surface area contributed by atoms with Crippen LogP contribution >= 0.6 is 0 Å². The highest BCUT2D eigenvalue weighted by Crippen LogP contribution is 2.25. The van der Waals surface area contributed by atoms with E-state index in [0.717, 1.165) is 38.0 Å². The molecular weight excluding hydrogens is 366 g/mol. The summed E-state index contributed by atoms with van der Waals surface area (Å²) >= 11 is 0. The molecule has 1 aromatic heterocycles. The van der Waals surface area contributed by atoms with Crippen LogP contribution in [0.1, 0.15) is 53.0 Å². The second-order valence-corrected chi connectivity index (χ2v) is 8.25.